The number of aromatic nitrogens is 3. The van der Waals surface area contributed by atoms with E-state index in [9.17, 15) is 0 Å². The van der Waals surface area contributed by atoms with Gasteiger partial charge in [0.2, 0.25) is 0 Å². The zero-order valence-corrected chi connectivity index (χ0v) is 13.2. The van der Waals surface area contributed by atoms with Crippen LogP contribution in [0.5, 0.6) is 0 Å². The summed E-state index contributed by atoms with van der Waals surface area (Å²) in [7, 11) is 0. The molecule has 1 aliphatic heterocycles. The first-order valence-corrected chi connectivity index (χ1v) is 7.78. The van der Waals surface area contributed by atoms with Crippen molar-refractivity contribution < 1.29 is 4.74 Å². The topological polar surface area (TPSA) is 51.1 Å². The van der Waals surface area contributed by atoms with Crippen molar-refractivity contribution >= 4 is 5.82 Å². The maximum atomic E-state index is 6.00. The Labute approximate surface area is 131 Å². The molecule has 0 aromatic carbocycles. The Morgan fingerprint density at radius 2 is 2.05 bits per heavy atom. The monoisotopic (exact) mass is 298 g/mol. The number of rotatable bonds is 4. The highest BCUT2D eigenvalue weighted by Crippen LogP contribution is 2.24. The van der Waals surface area contributed by atoms with E-state index in [1.807, 2.05) is 24.5 Å². The van der Waals surface area contributed by atoms with Gasteiger partial charge in [-0.25, -0.2) is 0 Å². The maximum absolute atomic E-state index is 6.00. The first-order chi connectivity index (χ1) is 10.7. The fraction of sp³-hybridized carbons (Fsp3) is 0.471. The Hall–Kier alpha value is -2.01. The molecule has 3 heterocycles. The summed E-state index contributed by atoms with van der Waals surface area (Å²) in [4.78, 5) is 6.43. The number of anilines is 1. The third kappa shape index (κ3) is 3.42. The predicted molar refractivity (Wildman–Crippen MR) is 85.8 cm³/mol. The molecule has 0 unspecified atom stereocenters. The van der Waals surface area contributed by atoms with Crippen molar-refractivity contribution in [1.29, 1.82) is 0 Å². The molecule has 22 heavy (non-hydrogen) atoms. The SMILES string of the molecule is Cc1cnnc(N2CCC(OCc3cccnc3)CC2)c1C. The van der Waals surface area contributed by atoms with E-state index in [-0.39, 0.29) is 0 Å². The summed E-state index contributed by atoms with van der Waals surface area (Å²) in [5.41, 5.74) is 3.55. The minimum Gasteiger partial charge on any atom is -0.373 e. The molecule has 0 bridgehead atoms. The number of hydrogen-bond acceptors (Lipinski definition) is 5. The van der Waals surface area contributed by atoms with Crippen molar-refractivity contribution in [2.45, 2.75) is 39.4 Å². The second-order valence-electron chi connectivity index (χ2n) is 5.83. The van der Waals surface area contributed by atoms with Gasteiger partial charge in [-0.05, 0) is 49.4 Å². The normalized spacial score (nSPS) is 16.0. The Balaban J connectivity index is 1.53. The summed E-state index contributed by atoms with van der Waals surface area (Å²) in [5.74, 6) is 1.02. The molecule has 0 N–H and O–H groups in total. The molecule has 1 aliphatic rings. The van der Waals surface area contributed by atoms with Crippen LogP contribution in [0.1, 0.15) is 29.5 Å². The molecule has 116 valence electrons. The number of pyridine rings is 1. The minimum absolute atomic E-state index is 0.314. The van der Waals surface area contributed by atoms with E-state index in [2.05, 4.69) is 33.9 Å². The Morgan fingerprint density at radius 3 is 2.77 bits per heavy atom. The van der Waals surface area contributed by atoms with Crippen LogP contribution in [-0.2, 0) is 11.3 Å². The van der Waals surface area contributed by atoms with Gasteiger partial charge in [0.05, 0.1) is 18.9 Å². The number of piperidine rings is 1. The van der Waals surface area contributed by atoms with Crippen LogP contribution in [0.4, 0.5) is 5.82 Å². The van der Waals surface area contributed by atoms with Crippen LogP contribution in [0, 0.1) is 13.8 Å². The van der Waals surface area contributed by atoms with E-state index in [1.165, 1.54) is 11.1 Å². The number of hydrogen-bond donors (Lipinski definition) is 0. The van der Waals surface area contributed by atoms with Crippen LogP contribution in [-0.4, -0.2) is 34.4 Å². The van der Waals surface area contributed by atoms with Crippen molar-refractivity contribution in [3.05, 3.63) is 47.4 Å². The van der Waals surface area contributed by atoms with Crippen molar-refractivity contribution in [1.82, 2.24) is 15.2 Å². The van der Waals surface area contributed by atoms with Gasteiger partial charge in [-0.2, -0.15) is 5.10 Å². The van der Waals surface area contributed by atoms with E-state index < -0.39 is 0 Å². The lowest BCUT2D eigenvalue weighted by molar-refractivity contribution is 0.0249. The van der Waals surface area contributed by atoms with Gasteiger partial charge in [0.15, 0.2) is 5.82 Å². The first-order valence-electron chi connectivity index (χ1n) is 7.78. The molecule has 2 aromatic heterocycles. The molecule has 0 aliphatic carbocycles. The largest absolute Gasteiger partial charge is 0.373 e. The second kappa shape index (κ2) is 6.83. The summed E-state index contributed by atoms with van der Waals surface area (Å²) in [6.07, 6.45) is 7.83. The Kier molecular flexibility index (Phi) is 4.63. The van der Waals surface area contributed by atoms with Crippen LogP contribution in [0.2, 0.25) is 0 Å². The van der Waals surface area contributed by atoms with E-state index in [4.69, 9.17) is 4.74 Å². The van der Waals surface area contributed by atoms with Gasteiger partial charge < -0.3 is 9.64 Å². The fourth-order valence-corrected chi connectivity index (χ4v) is 2.75. The minimum atomic E-state index is 0.314. The van der Waals surface area contributed by atoms with Gasteiger partial charge in [0.25, 0.3) is 0 Å². The molecule has 5 nitrogen and oxygen atoms in total. The molecular formula is C17H22N4O. The van der Waals surface area contributed by atoms with Gasteiger partial charge in [0, 0.05) is 25.5 Å². The van der Waals surface area contributed by atoms with Crippen molar-refractivity contribution in [3.8, 4) is 0 Å². The van der Waals surface area contributed by atoms with Gasteiger partial charge in [-0.1, -0.05) is 6.07 Å². The number of nitrogens with zero attached hydrogens (tertiary/aromatic N) is 4. The lowest BCUT2D eigenvalue weighted by atomic mass is 10.1. The highest BCUT2D eigenvalue weighted by molar-refractivity contribution is 5.48. The molecule has 2 aromatic rings. The summed E-state index contributed by atoms with van der Waals surface area (Å²) in [5, 5.41) is 8.39. The van der Waals surface area contributed by atoms with Gasteiger partial charge in [0.1, 0.15) is 0 Å². The smallest absolute Gasteiger partial charge is 0.154 e. The summed E-state index contributed by atoms with van der Waals surface area (Å²) in [6, 6.07) is 3.99. The zero-order chi connectivity index (χ0) is 15.4. The van der Waals surface area contributed by atoms with E-state index >= 15 is 0 Å². The highest BCUT2D eigenvalue weighted by atomic mass is 16.5. The van der Waals surface area contributed by atoms with Crippen molar-refractivity contribution in [2.24, 2.45) is 0 Å². The zero-order valence-electron chi connectivity index (χ0n) is 13.2. The lowest BCUT2D eigenvalue weighted by Crippen LogP contribution is -2.38. The summed E-state index contributed by atoms with van der Waals surface area (Å²) >= 11 is 0. The molecular weight excluding hydrogens is 276 g/mol. The van der Waals surface area contributed by atoms with Gasteiger partial charge in [-0.15, -0.1) is 5.10 Å². The summed E-state index contributed by atoms with van der Waals surface area (Å²) < 4.78 is 6.00. The first kappa shape index (κ1) is 14.9. The van der Waals surface area contributed by atoms with Crippen LogP contribution in [0.25, 0.3) is 0 Å². The third-order valence-corrected chi connectivity index (χ3v) is 4.28. The van der Waals surface area contributed by atoms with E-state index in [0.29, 0.717) is 12.7 Å². The van der Waals surface area contributed by atoms with Crippen LogP contribution >= 0.6 is 0 Å². The Bertz CT molecular complexity index is 609. The predicted octanol–water partition coefficient (Wildman–Crippen LogP) is 2.67. The fourth-order valence-electron chi connectivity index (χ4n) is 2.75. The molecule has 0 radical (unpaired) electrons. The average Bonchev–Trinajstić information content (AvgIpc) is 2.57. The second-order valence-corrected chi connectivity index (χ2v) is 5.83. The third-order valence-electron chi connectivity index (χ3n) is 4.28. The summed E-state index contributed by atoms with van der Waals surface area (Å²) in [6.45, 7) is 6.77. The van der Waals surface area contributed by atoms with Crippen LogP contribution < -0.4 is 4.90 Å². The molecule has 0 atom stereocenters. The molecule has 1 saturated heterocycles. The van der Waals surface area contributed by atoms with Crippen molar-refractivity contribution in [3.63, 3.8) is 0 Å². The quantitative estimate of drug-likeness (QED) is 0.868. The van der Waals surface area contributed by atoms with E-state index in [0.717, 1.165) is 37.3 Å². The van der Waals surface area contributed by atoms with Crippen LogP contribution in [0.3, 0.4) is 0 Å². The number of aryl methyl sites for hydroxylation is 1. The van der Waals surface area contributed by atoms with Gasteiger partial charge >= 0.3 is 0 Å². The average molecular weight is 298 g/mol. The van der Waals surface area contributed by atoms with Crippen molar-refractivity contribution in [2.75, 3.05) is 18.0 Å². The van der Waals surface area contributed by atoms with Gasteiger partial charge in [-0.3, -0.25) is 4.98 Å². The van der Waals surface area contributed by atoms with E-state index in [1.54, 1.807) is 6.20 Å². The molecule has 5 heteroatoms. The molecule has 3 rings (SSSR count). The molecule has 0 spiro atoms. The Morgan fingerprint density at radius 1 is 1.23 bits per heavy atom. The number of ether oxygens (including phenoxy) is 1. The van der Waals surface area contributed by atoms with Crippen LogP contribution in [0.15, 0.2) is 30.7 Å². The molecule has 0 saturated carbocycles. The molecule has 0 amide bonds. The maximum Gasteiger partial charge on any atom is 0.154 e. The lowest BCUT2D eigenvalue weighted by Gasteiger charge is -2.33. The standard InChI is InChI=1S/C17H22N4O/c1-13-10-19-20-17(14(13)2)21-8-5-16(6-9-21)22-12-15-4-3-7-18-11-15/h3-4,7,10-11,16H,5-6,8-9,12H2,1-2H3. The highest BCUT2D eigenvalue weighted by Gasteiger charge is 2.22. The molecule has 1 fully saturated rings.